The number of nitrogens with two attached hydrogens (primary N) is 1. The van der Waals surface area contributed by atoms with E-state index in [1.54, 1.807) is 0 Å². The molecule has 0 aliphatic heterocycles. The highest BCUT2D eigenvalue weighted by Gasteiger charge is 2.18. The Bertz CT molecular complexity index is 402. The van der Waals surface area contributed by atoms with Gasteiger partial charge in [-0.1, -0.05) is 23.2 Å². The van der Waals surface area contributed by atoms with Crippen LogP contribution in [-0.2, 0) is 11.8 Å². The van der Waals surface area contributed by atoms with Gasteiger partial charge in [0.15, 0.2) is 4.84 Å². The quantitative estimate of drug-likeness (QED) is 0.755. The first-order valence-corrected chi connectivity index (χ1v) is 4.71. The summed E-state index contributed by atoms with van der Waals surface area (Å²) in [5.74, 6) is -1.35. The molecule has 1 heterocycles. The van der Waals surface area contributed by atoms with Crippen LogP contribution in [0.5, 0.6) is 0 Å². The van der Waals surface area contributed by atoms with Gasteiger partial charge in [0.05, 0.1) is 11.9 Å². The van der Waals surface area contributed by atoms with Crippen LogP contribution in [-0.4, -0.2) is 26.4 Å². The van der Waals surface area contributed by atoms with Crippen LogP contribution in [0.3, 0.4) is 0 Å². The van der Waals surface area contributed by atoms with Gasteiger partial charge in [0.25, 0.3) is 11.8 Å². The Morgan fingerprint density at radius 3 is 2.67 bits per heavy atom. The summed E-state index contributed by atoms with van der Waals surface area (Å²) in [6.07, 6.45) is 1.29. The number of anilines is 1. The number of alkyl halides is 2. The Morgan fingerprint density at radius 2 is 2.20 bits per heavy atom. The van der Waals surface area contributed by atoms with Crippen molar-refractivity contribution in [2.75, 3.05) is 5.32 Å². The van der Waals surface area contributed by atoms with Gasteiger partial charge in [0.1, 0.15) is 5.69 Å². The molecule has 0 aromatic carbocycles. The van der Waals surface area contributed by atoms with E-state index >= 15 is 0 Å². The molecule has 0 atom stereocenters. The summed E-state index contributed by atoms with van der Waals surface area (Å²) in [4.78, 5) is 20.9. The molecule has 1 aromatic heterocycles. The minimum atomic E-state index is -1.22. The summed E-state index contributed by atoms with van der Waals surface area (Å²) < 4.78 is 1.25. The lowest BCUT2D eigenvalue weighted by molar-refractivity contribution is -0.114. The monoisotopic (exact) mass is 250 g/mol. The van der Waals surface area contributed by atoms with E-state index in [0.29, 0.717) is 0 Å². The molecule has 1 aromatic rings. The van der Waals surface area contributed by atoms with Crippen molar-refractivity contribution in [2.24, 2.45) is 12.8 Å². The Labute approximate surface area is 95.3 Å². The van der Waals surface area contributed by atoms with E-state index in [2.05, 4.69) is 10.4 Å². The molecule has 3 N–H and O–H groups in total. The van der Waals surface area contributed by atoms with Crippen molar-refractivity contribution >= 4 is 40.7 Å². The smallest absolute Gasteiger partial charge is 0.269 e. The zero-order valence-electron chi connectivity index (χ0n) is 7.70. The van der Waals surface area contributed by atoms with Crippen LogP contribution in [0.2, 0.25) is 0 Å². The van der Waals surface area contributed by atoms with Crippen LogP contribution < -0.4 is 11.1 Å². The molecule has 0 aliphatic carbocycles. The minimum absolute atomic E-state index is 0.0809. The number of rotatable bonds is 3. The second kappa shape index (κ2) is 4.50. The molecular formula is C7H8Cl2N4O2. The number of aryl methyl sites for hydroxylation is 1. The van der Waals surface area contributed by atoms with E-state index in [1.807, 2.05) is 0 Å². The van der Waals surface area contributed by atoms with Crippen molar-refractivity contribution in [1.29, 1.82) is 0 Å². The number of primary amides is 1. The molecule has 82 valence electrons. The van der Waals surface area contributed by atoms with Gasteiger partial charge in [-0.25, -0.2) is 0 Å². The molecule has 6 nitrogen and oxygen atoms in total. The molecule has 0 spiro atoms. The van der Waals surface area contributed by atoms with Crippen molar-refractivity contribution in [1.82, 2.24) is 9.78 Å². The van der Waals surface area contributed by atoms with Gasteiger partial charge >= 0.3 is 0 Å². The van der Waals surface area contributed by atoms with Gasteiger partial charge in [0, 0.05) is 7.05 Å². The van der Waals surface area contributed by atoms with Crippen LogP contribution in [0.25, 0.3) is 0 Å². The third-order valence-corrected chi connectivity index (χ3v) is 2.02. The van der Waals surface area contributed by atoms with Crippen molar-refractivity contribution < 1.29 is 9.59 Å². The normalized spacial score (nSPS) is 10.4. The molecule has 0 saturated carbocycles. The molecule has 15 heavy (non-hydrogen) atoms. The Morgan fingerprint density at radius 1 is 1.60 bits per heavy atom. The highest BCUT2D eigenvalue weighted by molar-refractivity contribution is 6.54. The number of nitrogens with zero attached hydrogens (tertiary/aromatic N) is 2. The van der Waals surface area contributed by atoms with E-state index in [1.165, 1.54) is 17.9 Å². The lowest BCUT2D eigenvalue weighted by Crippen LogP contribution is -2.22. The number of carbonyl (C=O) groups excluding carboxylic acids is 2. The summed E-state index contributed by atoms with van der Waals surface area (Å²) >= 11 is 10.7. The molecule has 0 saturated heterocycles. The fourth-order valence-electron chi connectivity index (χ4n) is 1.01. The first kappa shape index (κ1) is 11.8. The van der Waals surface area contributed by atoms with E-state index in [-0.39, 0.29) is 11.4 Å². The topological polar surface area (TPSA) is 90.0 Å². The number of nitrogens with one attached hydrogen (secondary N) is 1. The van der Waals surface area contributed by atoms with Crippen LogP contribution in [0.15, 0.2) is 6.20 Å². The molecule has 0 radical (unpaired) electrons. The predicted molar refractivity (Wildman–Crippen MR) is 55.8 cm³/mol. The summed E-state index contributed by atoms with van der Waals surface area (Å²) in [6, 6.07) is 0. The number of hydrogen-bond acceptors (Lipinski definition) is 3. The van der Waals surface area contributed by atoms with E-state index in [4.69, 9.17) is 28.9 Å². The van der Waals surface area contributed by atoms with Crippen LogP contribution >= 0.6 is 23.2 Å². The molecule has 0 fully saturated rings. The summed E-state index contributed by atoms with van der Waals surface area (Å²) in [5.41, 5.74) is 5.36. The molecular weight excluding hydrogens is 243 g/mol. The Kier molecular flexibility index (Phi) is 3.54. The van der Waals surface area contributed by atoms with Crippen LogP contribution in [0.1, 0.15) is 10.5 Å². The maximum Gasteiger partial charge on any atom is 0.269 e. The molecule has 0 aliphatic rings. The van der Waals surface area contributed by atoms with Gasteiger partial charge in [0.2, 0.25) is 0 Å². The van der Waals surface area contributed by atoms with Crippen molar-refractivity contribution in [3.8, 4) is 0 Å². The summed E-state index contributed by atoms with van der Waals surface area (Å²) in [6.45, 7) is 0. The maximum atomic E-state index is 11.1. The number of aromatic nitrogens is 2. The average molecular weight is 251 g/mol. The second-order valence-electron chi connectivity index (χ2n) is 2.68. The third-order valence-electron chi connectivity index (χ3n) is 1.63. The number of halogens is 2. The second-order valence-corrected chi connectivity index (χ2v) is 3.78. The molecule has 0 unspecified atom stereocenters. The fraction of sp³-hybridized carbons (Fsp3) is 0.286. The molecule has 0 bridgehead atoms. The Balaban J connectivity index is 2.96. The van der Waals surface area contributed by atoms with Gasteiger partial charge in [-0.2, -0.15) is 5.10 Å². The summed E-state index contributed by atoms with van der Waals surface area (Å²) in [7, 11) is 1.52. The largest absolute Gasteiger partial charge is 0.364 e. The number of carbonyl (C=O) groups is 2. The fourth-order valence-corrected chi connectivity index (χ4v) is 1.12. The SMILES string of the molecule is Cn1ncc(NC(=O)C(Cl)Cl)c1C(N)=O. The van der Waals surface area contributed by atoms with E-state index < -0.39 is 16.7 Å². The van der Waals surface area contributed by atoms with Crippen LogP contribution in [0, 0.1) is 0 Å². The van der Waals surface area contributed by atoms with Crippen molar-refractivity contribution in [3.63, 3.8) is 0 Å². The average Bonchev–Trinajstić information content (AvgIpc) is 2.46. The first-order chi connectivity index (χ1) is 6.93. The summed E-state index contributed by atoms with van der Waals surface area (Å²) in [5, 5.41) is 6.09. The molecule has 1 rings (SSSR count). The first-order valence-electron chi connectivity index (χ1n) is 3.84. The molecule has 2 amide bonds. The zero-order valence-corrected chi connectivity index (χ0v) is 9.21. The standard InChI is InChI=1S/C7H8Cl2N4O2/c1-13-4(6(10)14)3(2-11-13)12-7(15)5(8)9/h2,5H,1H3,(H2,10,14)(H,12,15). The zero-order chi connectivity index (χ0) is 11.6. The number of hydrogen-bond donors (Lipinski definition) is 2. The van der Waals surface area contributed by atoms with Gasteiger partial charge in [-0.05, 0) is 0 Å². The highest BCUT2D eigenvalue weighted by Crippen LogP contribution is 2.15. The van der Waals surface area contributed by atoms with Crippen molar-refractivity contribution in [2.45, 2.75) is 4.84 Å². The Hall–Kier alpha value is -1.27. The van der Waals surface area contributed by atoms with Crippen molar-refractivity contribution in [3.05, 3.63) is 11.9 Å². The predicted octanol–water partition coefficient (Wildman–Crippen LogP) is 0.261. The highest BCUT2D eigenvalue weighted by atomic mass is 35.5. The van der Waals surface area contributed by atoms with Crippen LogP contribution in [0.4, 0.5) is 5.69 Å². The van der Waals surface area contributed by atoms with Gasteiger partial charge in [-0.3, -0.25) is 14.3 Å². The number of amides is 2. The molecule has 8 heteroatoms. The lowest BCUT2D eigenvalue weighted by atomic mass is 10.3. The maximum absolute atomic E-state index is 11.1. The van der Waals surface area contributed by atoms with E-state index in [0.717, 1.165) is 0 Å². The van der Waals surface area contributed by atoms with Gasteiger partial charge in [-0.15, -0.1) is 0 Å². The van der Waals surface area contributed by atoms with Gasteiger partial charge < -0.3 is 11.1 Å². The lowest BCUT2D eigenvalue weighted by Gasteiger charge is -2.04. The van der Waals surface area contributed by atoms with E-state index in [9.17, 15) is 9.59 Å². The minimum Gasteiger partial charge on any atom is -0.364 e. The third kappa shape index (κ3) is 2.60.